The van der Waals surface area contributed by atoms with Gasteiger partial charge in [-0.3, -0.25) is 0 Å². The second-order valence-electron chi connectivity index (χ2n) is 3.32. The molecular weight excluding hydrogens is 231 g/mol. The van der Waals surface area contributed by atoms with Crippen molar-refractivity contribution in [3.05, 3.63) is 54.6 Å². The van der Waals surface area contributed by atoms with Gasteiger partial charge in [0.05, 0.1) is 12.9 Å². The normalized spacial score (nSPS) is 8.50. The van der Waals surface area contributed by atoms with Crippen LogP contribution in [0.2, 0.25) is 0 Å². The summed E-state index contributed by atoms with van der Waals surface area (Å²) in [5, 5.41) is 0. The van der Waals surface area contributed by atoms with Gasteiger partial charge in [-0.15, -0.1) is 0 Å². The molecule has 0 fully saturated rings. The molecule has 95 valence electrons. The molecule has 4 nitrogen and oxygen atoms in total. The fourth-order valence-corrected chi connectivity index (χ4v) is 1.32. The van der Waals surface area contributed by atoms with Crippen molar-refractivity contribution < 1.29 is 20.3 Å². The topological polar surface area (TPSA) is 81.5 Å². The average molecular weight is 247 g/mol. The SMILES string of the molecule is COc1ccc(O[B]c2ccccc2)cc1.O.O. The molecule has 0 unspecified atom stereocenters. The Labute approximate surface area is 107 Å². The fourth-order valence-electron chi connectivity index (χ4n) is 1.32. The number of ether oxygens (including phenoxy) is 1. The van der Waals surface area contributed by atoms with E-state index in [4.69, 9.17) is 9.39 Å². The van der Waals surface area contributed by atoms with Crippen LogP contribution in [0, 0.1) is 0 Å². The van der Waals surface area contributed by atoms with Gasteiger partial charge in [0.2, 0.25) is 0 Å². The average Bonchev–Trinajstić information content (AvgIpc) is 2.38. The number of benzene rings is 2. The lowest BCUT2D eigenvalue weighted by atomic mass is 9.88. The largest absolute Gasteiger partial charge is 0.558 e. The highest BCUT2D eigenvalue weighted by atomic mass is 16.5. The number of methoxy groups -OCH3 is 1. The quantitative estimate of drug-likeness (QED) is 0.731. The van der Waals surface area contributed by atoms with Crippen LogP contribution in [0.3, 0.4) is 0 Å². The molecule has 0 aromatic heterocycles. The lowest BCUT2D eigenvalue weighted by molar-refractivity contribution is 0.414. The highest BCUT2D eigenvalue weighted by Crippen LogP contribution is 2.16. The van der Waals surface area contributed by atoms with E-state index >= 15 is 0 Å². The van der Waals surface area contributed by atoms with Crippen LogP contribution in [-0.4, -0.2) is 25.5 Å². The lowest BCUT2D eigenvalue weighted by Crippen LogP contribution is -2.19. The van der Waals surface area contributed by atoms with Crippen molar-refractivity contribution in [1.29, 1.82) is 0 Å². The summed E-state index contributed by atoms with van der Waals surface area (Å²) in [6.07, 6.45) is 0. The van der Waals surface area contributed by atoms with E-state index in [0.717, 1.165) is 17.0 Å². The van der Waals surface area contributed by atoms with Gasteiger partial charge in [0.25, 0.3) is 0 Å². The first kappa shape index (κ1) is 16.0. The van der Waals surface area contributed by atoms with Crippen LogP contribution >= 0.6 is 0 Å². The van der Waals surface area contributed by atoms with Crippen LogP contribution in [0.25, 0.3) is 0 Å². The van der Waals surface area contributed by atoms with Crippen LogP contribution in [0.4, 0.5) is 0 Å². The Kier molecular flexibility index (Phi) is 7.27. The first-order chi connectivity index (χ1) is 7.88. The molecule has 0 amide bonds. The van der Waals surface area contributed by atoms with Crippen LogP contribution in [-0.2, 0) is 0 Å². The van der Waals surface area contributed by atoms with Crippen molar-refractivity contribution in [3.8, 4) is 11.5 Å². The van der Waals surface area contributed by atoms with Crippen molar-refractivity contribution in [2.45, 2.75) is 0 Å². The highest BCUT2D eigenvalue weighted by molar-refractivity contribution is 6.47. The molecule has 5 heteroatoms. The van der Waals surface area contributed by atoms with E-state index in [2.05, 4.69) is 0 Å². The minimum atomic E-state index is 0. The molecular formula is C13H16BO4. The van der Waals surface area contributed by atoms with E-state index in [0.29, 0.717) is 0 Å². The second kappa shape index (κ2) is 8.17. The zero-order valence-electron chi connectivity index (χ0n) is 10.1. The van der Waals surface area contributed by atoms with Crippen LogP contribution in [0.1, 0.15) is 0 Å². The first-order valence-corrected chi connectivity index (χ1v) is 5.07. The first-order valence-electron chi connectivity index (χ1n) is 5.07. The molecule has 0 aliphatic rings. The summed E-state index contributed by atoms with van der Waals surface area (Å²) in [6, 6.07) is 17.4. The summed E-state index contributed by atoms with van der Waals surface area (Å²) < 4.78 is 10.6. The van der Waals surface area contributed by atoms with Crippen LogP contribution < -0.4 is 14.9 Å². The molecule has 0 saturated heterocycles. The van der Waals surface area contributed by atoms with Gasteiger partial charge in [-0.2, -0.15) is 0 Å². The molecule has 18 heavy (non-hydrogen) atoms. The van der Waals surface area contributed by atoms with E-state index < -0.39 is 0 Å². The third kappa shape index (κ3) is 4.49. The Balaban J connectivity index is 0.00000144. The third-order valence-corrected chi connectivity index (χ3v) is 2.19. The Morgan fingerprint density at radius 1 is 0.778 bits per heavy atom. The Hall–Kier alpha value is -1.98. The fraction of sp³-hybridized carbons (Fsp3) is 0.0769. The molecule has 2 aromatic carbocycles. The molecule has 0 aliphatic carbocycles. The summed E-state index contributed by atoms with van der Waals surface area (Å²) in [5.41, 5.74) is 1.04. The maximum Gasteiger partial charge on any atom is 0.408 e. The summed E-state index contributed by atoms with van der Waals surface area (Å²) in [7, 11) is 3.37. The molecule has 0 bridgehead atoms. The maximum absolute atomic E-state index is 5.51. The summed E-state index contributed by atoms with van der Waals surface area (Å²) in [5.74, 6) is 1.62. The Morgan fingerprint density at radius 3 is 1.89 bits per heavy atom. The van der Waals surface area contributed by atoms with E-state index in [9.17, 15) is 0 Å². The van der Waals surface area contributed by atoms with Crippen molar-refractivity contribution in [1.82, 2.24) is 0 Å². The number of hydrogen-bond donors (Lipinski definition) is 0. The smallest absolute Gasteiger partial charge is 0.408 e. The summed E-state index contributed by atoms with van der Waals surface area (Å²) >= 11 is 0. The van der Waals surface area contributed by atoms with Gasteiger partial charge in [-0.1, -0.05) is 30.3 Å². The van der Waals surface area contributed by atoms with Gasteiger partial charge in [0.15, 0.2) is 0 Å². The minimum absolute atomic E-state index is 0. The van der Waals surface area contributed by atoms with Crippen LogP contribution in [0.5, 0.6) is 11.5 Å². The summed E-state index contributed by atoms with van der Waals surface area (Å²) in [4.78, 5) is 0. The van der Waals surface area contributed by atoms with Gasteiger partial charge in [0.1, 0.15) is 5.75 Å². The van der Waals surface area contributed by atoms with E-state index in [-0.39, 0.29) is 11.0 Å². The Bertz CT molecular complexity index is 431. The minimum Gasteiger partial charge on any atom is -0.558 e. The van der Waals surface area contributed by atoms with Gasteiger partial charge in [-0.05, 0) is 29.7 Å². The van der Waals surface area contributed by atoms with Crippen molar-refractivity contribution in [2.75, 3.05) is 7.11 Å². The van der Waals surface area contributed by atoms with E-state index in [1.54, 1.807) is 14.6 Å². The lowest BCUT2D eigenvalue weighted by Gasteiger charge is -2.05. The van der Waals surface area contributed by atoms with Gasteiger partial charge >= 0.3 is 7.48 Å². The zero-order chi connectivity index (χ0) is 11.2. The number of rotatable bonds is 4. The standard InChI is InChI=1S/C13H12BO2.2H2O/c1-15-12-7-9-13(10-8-12)16-14-11-5-3-2-4-6-11;;/h2-10H,1H3;2*1H2. The second-order valence-corrected chi connectivity index (χ2v) is 3.32. The van der Waals surface area contributed by atoms with Gasteiger partial charge in [0, 0.05) is 0 Å². The van der Waals surface area contributed by atoms with Crippen molar-refractivity contribution in [3.63, 3.8) is 0 Å². The van der Waals surface area contributed by atoms with Gasteiger partial charge < -0.3 is 20.3 Å². The van der Waals surface area contributed by atoms with Crippen LogP contribution in [0.15, 0.2) is 54.6 Å². The highest BCUT2D eigenvalue weighted by Gasteiger charge is 1.99. The van der Waals surface area contributed by atoms with E-state index in [1.807, 2.05) is 54.6 Å². The molecule has 4 N–H and O–H groups in total. The maximum atomic E-state index is 5.51. The molecule has 0 atom stereocenters. The third-order valence-electron chi connectivity index (χ3n) is 2.19. The van der Waals surface area contributed by atoms with Crippen molar-refractivity contribution in [2.24, 2.45) is 0 Å². The number of hydrogen-bond acceptors (Lipinski definition) is 2. The molecule has 0 heterocycles. The molecule has 0 saturated carbocycles. The predicted molar refractivity (Wildman–Crippen MR) is 72.7 cm³/mol. The van der Waals surface area contributed by atoms with Gasteiger partial charge in [-0.25, -0.2) is 0 Å². The molecule has 0 spiro atoms. The predicted octanol–water partition coefficient (Wildman–Crippen LogP) is 0.369. The van der Waals surface area contributed by atoms with E-state index in [1.165, 1.54) is 0 Å². The molecule has 0 aliphatic heterocycles. The monoisotopic (exact) mass is 247 g/mol. The summed E-state index contributed by atoms with van der Waals surface area (Å²) in [6.45, 7) is 0. The molecule has 2 rings (SSSR count). The molecule has 2 aromatic rings. The zero-order valence-corrected chi connectivity index (χ0v) is 10.1. The molecule has 1 radical (unpaired) electrons. The Morgan fingerprint density at radius 2 is 1.33 bits per heavy atom. The van der Waals surface area contributed by atoms with Crippen molar-refractivity contribution >= 4 is 12.9 Å².